The van der Waals surface area contributed by atoms with Crippen LogP contribution in [-0.4, -0.2) is 47.6 Å². The zero-order valence-corrected chi connectivity index (χ0v) is 17.3. The number of urea groups is 1. The predicted molar refractivity (Wildman–Crippen MR) is 118 cm³/mol. The molecular weight excluding hydrogens is 382 g/mol. The van der Waals surface area contributed by atoms with Crippen LogP contribution in [-0.2, 0) is 11.3 Å². The molecule has 1 saturated heterocycles. The maximum atomic E-state index is 12.8. The fraction of sp³-hybridized carbons (Fsp3) is 0.409. The molecule has 30 heavy (non-hydrogen) atoms. The van der Waals surface area contributed by atoms with Gasteiger partial charge in [-0.3, -0.25) is 9.59 Å². The molecular formula is C22H29N5O3. The number of hydrogen-bond donors (Lipinski definition) is 3. The van der Waals surface area contributed by atoms with E-state index in [0.717, 1.165) is 19.6 Å². The van der Waals surface area contributed by atoms with Crippen molar-refractivity contribution in [1.82, 2.24) is 14.8 Å². The Hall–Kier alpha value is -3.13. The van der Waals surface area contributed by atoms with Crippen LogP contribution in [0.25, 0.3) is 0 Å². The SMILES string of the molecule is Cc1ccc(NC(=O)Nc2ccccc2)c(=O)n1CC(=O)NCCN1CCCCC1. The largest absolute Gasteiger partial charge is 0.353 e. The number of carbonyl (C=O) groups excluding carboxylic acids is 2. The fourth-order valence-electron chi connectivity index (χ4n) is 3.50. The van der Waals surface area contributed by atoms with E-state index in [1.807, 2.05) is 6.07 Å². The molecule has 1 aromatic carbocycles. The Morgan fingerprint density at radius 1 is 0.967 bits per heavy atom. The lowest BCUT2D eigenvalue weighted by Gasteiger charge is -2.26. The van der Waals surface area contributed by atoms with Crippen molar-refractivity contribution in [2.45, 2.75) is 32.7 Å². The minimum atomic E-state index is -0.514. The van der Waals surface area contributed by atoms with Crippen molar-refractivity contribution in [2.24, 2.45) is 0 Å². The first-order valence-electron chi connectivity index (χ1n) is 10.4. The first kappa shape index (κ1) is 21.6. The third kappa shape index (κ3) is 6.18. The Balaban J connectivity index is 1.56. The second-order valence-corrected chi connectivity index (χ2v) is 7.48. The van der Waals surface area contributed by atoms with E-state index in [2.05, 4.69) is 20.9 Å². The molecule has 160 valence electrons. The van der Waals surface area contributed by atoms with Gasteiger partial charge in [-0.05, 0) is 57.1 Å². The van der Waals surface area contributed by atoms with E-state index in [9.17, 15) is 14.4 Å². The Kier molecular flexibility index (Phi) is 7.62. The smallest absolute Gasteiger partial charge is 0.323 e. The highest BCUT2D eigenvalue weighted by molar-refractivity contribution is 5.99. The third-order valence-corrected chi connectivity index (χ3v) is 5.17. The Labute approximate surface area is 176 Å². The number of piperidine rings is 1. The molecule has 2 aromatic rings. The topological polar surface area (TPSA) is 95.5 Å². The van der Waals surface area contributed by atoms with E-state index < -0.39 is 11.6 Å². The van der Waals surface area contributed by atoms with Crippen molar-refractivity contribution >= 4 is 23.3 Å². The van der Waals surface area contributed by atoms with Crippen LogP contribution in [0.1, 0.15) is 25.0 Å². The summed E-state index contributed by atoms with van der Waals surface area (Å²) in [6, 6.07) is 11.7. The number of nitrogens with one attached hydrogen (secondary N) is 3. The van der Waals surface area contributed by atoms with Crippen molar-refractivity contribution in [3.05, 3.63) is 58.5 Å². The molecule has 3 N–H and O–H groups in total. The maximum absolute atomic E-state index is 12.8. The summed E-state index contributed by atoms with van der Waals surface area (Å²) in [6.07, 6.45) is 3.69. The maximum Gasteiger partial charge on any atom is 0.323 e. The molecule has 0 bridgehead atoms. The minimum absolute atomic E-state index is 0.0828. The molecule has 3 amide bonds. The van der Waals surface area contributed by atoms with Gasteiger partial charge in [0.2, 0.25) is 5.91 Å². The number of nitrogens with zero attached hydrogens (tertiary/aromatic N) is 2. The van der Waals surface area contributed by atoms with E-state index >= 15 is 0 Å². The lowest BCUT2D eigenvalue weighted by atomic mass is 10.1. The van der Waals surface area contributed by atoms with Gasteiger partial charge in [0.25, 0.3) is 5.56 Å². The van der Waals surface area contributed by atoms with Crippen molar-refractivity contribution in [3.63, 3.8) is 0 Å². The molecule has 8 heteroatoms. The molecule has 0 radical (unpaired) electrons. The summed E-state index contributed by atoms with van der Waals surface area (Å²) in [5.41, 5.74) is 0.982. The molecule has 2 heterocycles. The van der Waals surface area contributed by atoms with Gasteiger partial charge in [-0.2, -0.15) is 0 Å². The van der Waals surface area contributed by atoms with Crippen LogP contribution in [0.2, 0.25) is 0 Å². The van der Waals surface area contributed by atoms with Gasteiger partial charge in [0.05, 0.1) is 0 Å². The average molecular weight is 412 g/mol. The molecule has 8 nitrogen and oxygen atoms in total. The van der Waals surface area contributed by atoms with E-state index in [-0.39, 0.29) is 18.1 Å². The van der Waals surface area contributed by atoms with E-state index in [0.29, 0.717) is 17.9 Å². The zero-order chi connectivity index (χ0) is 21.3. The highest BCUT2D eigenvalue weighted by Crippen LogP contribution is 2.08. The van der Waals surface area contributed by atoms with Gasteiger partial charge < -0.3 is 25.4 Å². The number of amides is 3. The summed E-state index contributed by atoms with van der Waals surface area (Å²) >= 11 is 0. The van der Waals surface area contributed by atoms with Gasteiger partial charge in [-0.1, -0.05) is 24.6 Å². The van der Waals surface area contributed by atoms with Gasteiger partial charge in [0.15, 0.2) is 0 Å². The number of hydrogen-bond acceptors (Lipinski definition) is 4. The summed E-state index contributed by atoms with van der Waals surface area (Å²) in [7, 11) is 0. The number of carbonyl (C=O) groups is 2. The van der Waals surface area contributed by atoms with Gasteiger partial charge >= 0.3 is 6.03 Å². The molecule has 1 aliphatic heterocycles. The van der Waals surface area contributed by atoms with Crippen molar-refractivity contribution < 1.29 is 9.59 Å². The molecule has 1 aliphatic rings. The summed E-state index contributed by atoms with van der Waals surface area (Å²) in [5.74, 6) is -0.219. The highest BCUT2D eigenvalue weighted by atomic mass is 16.2. The lowest BCUT2D eigenvalue weighted by Crippen LogP contribution is -2.40. The molecule has 3 rings (SSSR count). The zero-order valence-electron chi connectivity index (χ0n) is 17.3. The Morgan fingerprint density at radius 2 is 1.70 bits per heavy atom. The quantitative estimate of drug-likeness (QED) is 0.652. The lowest BCUT2D eigenvalue weighted by molar-refractivity contribution is -0.121. The Bertz CT molecular complexity index is 920. The predicted octanol–water partition coefficient (Wildman–Crippen LogP) is 2.40. The number of pyridine rings is 1. The molecule has 0 atom stereocenters. The van der Waals surface area contributed by atoms with Gasteiger partial charge in [0.1, 0.15) is 12.2 Å². The third-order valence-electron chi connectivity index (χ3n) is 5.17. The summed E-state index contributed by atoms with van der Waals surface area (Å²) in [4.78, 5) is 39.6. The minimum Gasteiger partial charge on any atom is -0.353 e. The van der Waals surface area contributed by atoms with E-state index in [1.54, 1.807) is 43.3 Å². The van der Waals surface area contributed by atoms with Crippen LogP contribution < -0.4 is 21.5 Å². The number of aryl methyl sites for hydroxylation is 1. The van der Waals surface area contributed by atoms with Gasteiger partial charge in [-0.15, -0.1) is 0 Å². The molecule has 1 fully saturated rings. The second kappa shape index (κ2) is 10.6. The van der Waals surface area contributed by atoms with Crippen LogP contribution in [0.4, 0.5) is 16.2 Å². The number of para-hydroxylation sites is 1. The van der Waals surface area contributed by atoms with Crippen molar-refractivity contribution in [2.75, 3.05) is 36.8 Å². The monoisotopic (exact) mass is 411 g/mol. The van der Waals surface area contributed by atoms with E-state index in [1.165, 1.54) is 23.8 Å². The van der Waals surface area contributed by atoms with E-state index in [4.69, 9.17) is 0 Å². The fourth-order valence-corrected chi connectivity index (χ4v) is 3.50. The molecule has 0 aliphatic carbocycles. The molecule has 0 saturated carbocycles. The normalized spacial score (nSPS) is 14.2. The summed E-state index contributed by atoms with van der Waals surface area (Å²) in [6.45, 7) is 5.21. The number of likely N-dealkylation sites (tertiary alicyclic amines) is 1. The summed E-state index contributed by atoms with van der Waals surface area (Å²) < 4.78 is 1.37. The standard InChI is InChI=1S/C22H29N5O3/c1-17-10-11-19(25-22(30)24-18-8-4-2-5-9-18)21(29)27(17)16-20(28)23-12-15-26-13-6-3-7-14-26/h2,4-5,8-11H,3,6-7,12-16H2,1H3,(H,23,28)(H2,24,25,30). The van der Waals surface area contributed by atoms with Crippen LogP contribution in [0, 0.1) is 6.92 Å². The number of aromatic nitrogens is 1. The van der Waals surface area contributed by atoms with Crippen LogP contribution in [0.15, 0.2) is 47.3 Å². The Morgan fingerprint density at radius 3 is 2.43 bits per heavy atom. The van der Waals surface area contributed by atoms with Crippen molar-refractivity contribution in [1.29, 1.82) is 0 Å². The summed E-state index contributed by atoms with van der Waals surface area (Å²) in [5, 5.41) is 8.12. The first-order valence-corrected chi connectivity index (χ1v) is 10.4. The van der Waals surface area contributed by atoms with Crippen LogP contribution >= 0.6 is 0 Å². The average Bonchev–Trinajstić information content (AvgIpc) is 2.75. The molecule has 0 unspecified atom stereocenters. The van der Waals surface area contributed by atoms with Gasteiger partial charge in [0, 0.05) is 24.5 Å². The molecule has 1 aromatic heterocycles. The second-order valence-electron chi connectivity index (χ2n) is 7.48. The first-order chi connectivity index (χ1) is 14.5. The van der Waals surface area contributed by atoms with Crippen LogP contribution in [0.3, 0.4) is 0 Å². The van der Waals surface area contributed by atoms with Crippen LogP contribution in [0.5, 0.6) is 0 Å². The number of anilines is 2. The number of benzene rings is 1. The highest BCUT2D eigenvalue weighted by Gasteiger charge is 2.13. The van der Waals surface area contributed by atoms with Gasteiger partial charge in [-0.25, -0.2) is 4.79 Å². The number of rotatable bonds is 7. The van der Waals surface area contributed by atoms with Crippen molar-refractivity contribution in [3.8, 4) is 0 Å². The molecule has 0 spiro atoms.